The summed E-state index contributed by atoms with van der Waals surface area (Å²) in [6.45, 7) is 6.18. The highest BCUT2D eigenvalue weighted by Crippen LogP contribution is 2.21. The third-order valence-electron chi connectivity index (χ3n) is 3.11. The van der Waals surface area contributed by atoms with E-state index in [2.05, 4.69) is 20.8 Å². The van der Waals surface area contributed by atoms with Crippen LogP contribution >= 0.6 is 0 Å². The second-order valence-electron chi connectivity index (χ2n) is 5.98. The van der Waals surface area contributed by atoms with Gasteiger partial charge in [0, 0.05) is 12.7 Å². The Morgan fingerprint density at radius 2 is 2.19 bits per heavy atom. The van der Waals surface area contributed by atoms with Gasteiger partial charge in [-0.25, -0.2) is 4.79 Å². The summed E-state index contributed by atoms with van der Waals surface area (Å²) in [4.78, 5) is 11.9. The van der Waals surface area contributed by atoms with Gasteiger partial charge < -0.3 is 10.4 Å². The molecule has 1 atom stereocenters. The summed E-state index contributed by atoms with van der Waals surface area (Å²) in [6.07, 6.45) is 1.99. The number of carbonyl (C=O) groups excluding carboxylic acids is 1. The zero-order valence-corrected chi connectivity index (χ0v) is 12.5. The van der Waals surface area contributed by atoms with Crippen LogP contribution in [0.4, 0.5) is 10.7 Å². The van der Waals surface area contributed by atoms with E-state index in [4.69, 9.17) is 0 Å². The fourth-order valence-electron chi connectivity index (χ4n) is 2.26. The first-order valence-corrected chi connectivity index (χ1v) is 6.90. The number of rotatable bonds is 5. The zero-order chi connectivity index (χ0) is 15.5. The summed E-state index contributed by atoms with van der Waals surface area (Å²) in [5, 5.41) is 22.8. The highest BCUT2D eigenvalue weighted by atomic mass is 16.3. The van der Waals surface area contributed by atoms with Gasteiger partial charge in [-0.1, -0.05) is 19.9 Å². The Hall–Kier alpha value is -2.15. The van der Waals surface area contributed by atoms with E-state index >= 15 is 0 Å². The van der Waals surface area contributed by atoms with Gasteiger partial charge in [0.2, 0.25) is 5.95 Å². The smallest absolute Gasteiger partial charge is 0.321 e. The minimum atomic E-state index is -0.398. The average molecular weight is 291 g/mol. The second-order valence-corrected chi connectivity index (χ2v) is 5.98. The molecule has 0 unspecified atom stereocenters. The van der Waals surface area contributed by atoms with Crippen molar-refractivity contribution in [1.82, 2.24) is 19.9 Å². The number of anilines is 1. The number of hydrogen-bond acceptors (Lipinski definition) is 4. The number of aromatic nitrogens is 3. The van der Waals surface area contributed by atoms with Crippen molar-refractivity contribution in [1.29, 1.82) is 0 Å². The highest BCUT2D eigenvalue weighted by Gasteiger charge is 2.21. The van der Waals surface area contributed by atoms with Crippen molar-refractivity contribution in [3.05, 3.63) is 24.4 Å². The Morgan fingerprint density at radius 1 is 1.43 bits per heavy atom. The maximum absolute atomic E-state index is 11.9. The fraction of sp³-hybridized carbons (Fsp3) is 0.500. The van der Waals surface area contributed by atoms with Crippen molar-refractivity contribution in [2.24, 2.45) is 5.41 Å². The van der Waals surface area contributed by atoms with Crippen LogP contribution in [0, 0.1) is 5.41 Å². The van der Waals surface area contributed by atoms with E-state index in [0.717, 1.165) is 0 Å². The summed E-state index contributed by atoms with van der Waals surface area (Å²) >= 11 is 0. The lowest BCUT2D eigenvalue weighted by Gasteiger charge is -2.26. The first-order chi connectivity index (χ1) is 9.87. The van der Waals surface area contributed by atoms with Crippen LogP contribution in [0.3, 0.4) is 0 Å². The molecule has 2 heterocycles. The third-order valence-corrected chi connectivity index (χ3v) is 3.11. The van der Waals surface area contributed by atoms with Gasteiger partial charge in [-0.15, -0.1) is 10.2 Å². The Labute approximate surface area is 123 Å². The van der Waals surface area contributed by atoms with Gasteiger partial charge in [-0.3, -0.25) is 9.72 Å². The SMILES string of the molecule is C[C@H](O)CC(C)(C)CNC(=O)Nc1nnc2ccccn12. The molecule has 2 amide bonds. The monoisotopic (exact) mass is 291 g/mol. The van der Waals surface area contributed by atoms with Crippen molar-refractivity contribution in [3.63, 3.8) is 0 Å². The number of nitrogens with zero attached hydrogens (tertiary/aromatic N) is 3. The minimum absolute atomic E-state index is 0.182. The standard InChI is InChI=1S/C14H21N5O2/c1-10(20)8-14(2,3)9-15-13(21)16-12-18-17-11-6-4-5-7-19(11)12/h4-7,10,20H,8-9H2,1-3H3,(H2,15,16,18,21)/t10-/m0/s1. The third kappa shape index (κ3) is 4.16. The van der Waals surface area contributed by atoms with Gasteiger partial charge in [0.25, 0.3) is 0 Å². The van der Waals surface area contributed by atoms with Gasteiger partial charge in [-0.2, -0.15) is 0 Å². The van der Waals surface area contributed by atoms with Gasteiger partial charge in [0.05, 0.1) is 6.10 Å². The number of aliphatic hydroxyl groups excluding tert-OH is 1. The molecule has 0 aliphatic carbocycles. The van der Waals surface area contributed by atoms with Crippen LogP contribution in [0.2, 0.25) is 0 Å². The van der Waals surface area contributed by atoms with E-state index in [-0.39, 0.29) is 11.4 Å². The number of nitrogens with one attached hydrogen (secondary N) is 2. The maximum atomic E-state index is 11.9. The fourth-order valence-corrected chi connectivity index (χ4v) is 2.26. The lowest BCUT2D eigenvalue weighted by atomic mass is 9.87. The van der Waals surface area contributed by atoms with E-state index in [0.29, 0.717) is 24.6 Å². The second kappa shape index (κ2) is 6.09. The van der Waals surface area contributed by atoms with Crippen molar-refractivity contribution in [2.75, 3.05) is 11.9 Å². The normalized spacial score (nSPS) is 13.1. The van der Waals surface area contributed by atoms with E-state index < -0.39 is 6.10 Å². The molecule has 0 saturated carbocycles. The van der Waals surface area contributed by atoms with Crippen LogP contribution in [0.15, 0.2) is 24.4 Å². The summed E-state index contributed by atoms with van der Waals surface area (Å²) in [5.74, 6) is 0.372. The molecule has 0 aliphatic heterocycles. The van der Waals surface area contributed by atoms with Crippen LogP contribution in [0.1, 0.15) is 27.2 Å². The quantitative estimate of drug-likeness (QED) is 0.781. The molecule has 2 aromatic heterocycles. The number of aliphatic hydroxyl groups is 1. The van der Waals surface area contributed by atoms with Crippen molar-refractivity contribution in [2.45, 2.75) is 33.3 Å². The molecular weight excluding hydrogens is 270 g/mol. The van der Waals surface area contributed by atoms with Gasteiger partial charge >= 0.3 is 6.03 Å². The predicted octanol–water partition coefficient (Wildman–Crippen LogP) is 1.65. The molecule has 0 bridgehead atoms. The first kappa shape index (κ1) is 15.2. The molecule has 0 saturated heterocycles. The Balaban J connectivity index is 1.93. The number of fused-ring (bicyclic) bond motifs is 1. The van der Waals surface area contributed by atoms with Crippen LogP contribution in [-0.4, -0.2) is 38.4 Å². The van der Waals surface area contributed by atoms with E-state index in [1.165, 1.54) is 0 Å². The van der Waals surface area contributed by atoms with E-state index in [1.807, 2.05) is 32.0 Å². The molecular formula is C14H21N5O2. The molecule has 7 heteroatoms. The summed E-state index contributed by atoms with van der Waals surface area (Å²) < 4.78 is 1.69. The van der Waals surface area contributed by atoms with Crippen molar-refractivity contribution >= 4 is 17.6 Å². The van der Waals surface area contributed by atoms with Gasteiger partial charge in [-0.05, 0) is 30.9 Å². The number of hydrogen-bond donors (Lipinski definition) is 3. The first-order valence-electron chi connectivity index (χ1n) is 6.90. The topological polar surface area (TPSA) is 91.5 Å². The van der Waals surface area contributed by atoms with E-state index in [1.54, 1.807) is 17.5 Å². The molecule has 2 rings (SSSR count). The van der Waals surface area contributed by atoms with Gasteiger partial charge in [0.15, 0.2) is 5.65 Å². The number of urea groups is 1. The van der Waals surface area contributed by atoms with E-state index in [9.17, 15) is 9.90 Å². The Morgan fingerprint density at radius 3 is 2.90 bits per heavy atom. The predicted molar refractivity (Wildman–Crippen MR) is 80.1 cm³/mol. The maximum Gasteiger partial charge on any atom is 0.321 e. The molecule has 7 nitrogen and oxygen atoms in total. The zero-order valence-electron chi connectivity index (χ0n) is 12.5. The van der Waals surface area contributed by atoms with Crippen LogP contribution < -0.4 is 10.6 Å². The van der Waals surface area contributed by atoms with Crippen LogP contribution in [-0.2, 0) is 0 Å². The highest BCUT2D eigenvalue weighted by molar-refractivity contribution is 5.87. The molecule has 0 aliphatic rings. The van der Waals surface area contributed by atoms with Crippen molar-refractivity contribution < 1.29 is 9.90 Å². The molecule has 21 heavy (non-hydrogen) atoms. The number of amides is 2. The molecule has 0 fully saturated rings. The average Bonchev–Trinajstić information content (AvgIpc) is 2.79. The van der Waals surface area contributed by atoms with Crippen LogP contribution in [0.25, 0.3) is 5.65 Å². The van der Waals surface area contributed by atoms with Crippen molar-refractivity contribution in [3.8, 4) is 0 Å². The molecule has 0 aromatic carbocycles. The minimum Gasteiger partial charge on any atom is -0.393 e. The molecule has 3 N–H and O–H groups in total. The lowest BCUT2D eigenvalue weighted by Crippen LogP contribution is -2.38. The summed E-state index contributed by atoms with van der Waals surface area (Å²) in [7, 11) is 0. The summed E-state index contributed by atoms with van der Waals surface area (Å²) in [5.41, 5.74) is 0.487. The molecule has 0 spiro atoms. The number of carbonyl (C=O) groups is 1. The lowest BCUT2D eigenvalue weighted by molar-refractivity contribution is 0.129. The molecule has 0 radical (unpaired) electrons. The van der Waals surface area contributed by atoms with Gasteiger partial charge in [0.1, 0.15) is 0 Å². The largest absolute Gasteiger partial charge is 0.393 e. The van der Waals surface area contributed by atoms with Crippen LogP contribution in [0.5, 0.6) is 0 Å². The molecule has 114 valence electrons. The summed E-state index contributed by atoms with van der Waals surface area (Å²) in [6, 6.07) is 5.16. The molecule has 2 aromatic rings. The Kier molecular flexibility index (Phi) is 4.42. The Bertz CT molecular complexity index is 621. The number of pyridine rings is 1.